The van der Waals surface area contributed by atoms with Gasteiger partial charge in [0.15, 0.2) is 0 Å². The lowest BCUT2D eigenvalue weighted by atomic mass is 9.97. The lowest BCUT2D eigenvalue weighted by Gasteiger charge is -2.14. The Morgan fingerprint density at radius 2 is 1.17 bits per heavy atom. The number of rotatable bonds is 3. The van der Waals surface area contributed by atoms with Gasteiger partial charge in [0.05, 0.1) is 28.0 Å². The monoisotopic (exact) mass is 495 g/mol. The van der Waals surface area contributed by atoms with Gasteiger partial charge in [-0.25, -0.2) is 0 Å². The standard InChI is InChI=1S/C27H15F6N3/c28-26(29,30)21-10-19(11-22(13-21)27(31,32)33)16-4-5-17-9-20(15-36-25(17)12-16)18-6-7-24(35-14-18)23-3-1-2-8-34-23/h1-15H. The molecule has 2 aromatic carbocycles. The molecule has 0 bridgehead atoms. The van der Waals surface area contributed by atoms with Crippen LogP contribution < -0.4 is 0 Å². The van der Waals surface area contributed by atoms with Crippen molar-refractivity contribution in [1.29, 1.82) is 0 Å². The number of fused-ring (bicyclic) bond motifs is 1. The Balaban J connectivity index is 1.50. The molecule has 0 saturated heterocycles. The Labute approximate surface area is 201 Å². The molecule has 0 N–H and O–H groups in total. The summed E-state index contributed by atoms with van der Waals surface area (Å²) >= 11 is 0. The van der Waals surface area contributed by atoms with Crippen molar-refractivity contribution < 1.29 is 26.3 Å². The summed E-state index contributed by atoms with van der Waals surface area (Å²) in [5.74, 6) is 0. The minimum atomic E-state index is -4.92. The summed E-state index contributed by atoms with van der Waals surface area (Å²) < 4.78 is 79.5. The SMILES string of the molecule is FC(F)(F)c1cc(-c2ccc3cc(-c4ccc(-c5ccccn5)nc4)cnc3c2)cc(C(F)(F)F)c1. The molecule has 0 radical (unpaired) electrons. The molecule has 3 nitrogen and oxygen atoms in total. The molecule has 0 aliphatic rings. The summed E-state index contributed by atoms with van der Waals surface area (Å²) in [5, 5.41) is 0.674. The van der Waals surface area contributed by atoms with E-state index in [0.717, 1.165) is 16.8 Å². The van der Waals surface area contributed by atoms with Crippen LogP contribution in [-0.2, 0) is 12.4 Å². The van der Waals surface area contributed by atoms with Gasteiger partial charge in [0.1, 0.15) is 0 Å². The smallest absolute Gasteiger partial charge is 0.256 e. The Morgan fingerprint density at radius 3 is 1.78 bits per heavy atom. The highest BCUT2D eigenvalue weighted by molar-refractivity contribution is 5.87. The van der Waals surface area contributed by atoms with Crippen molar-refractivity contribution >= 4 is 10.9 Å². The topological polar surface area (TPSA) is 38.7 Å². The van der Waals surface area contributed by atoms with E-state index in [4.69, 9.17) is 0 Å². The molecule has 36 heavy (non-hydrogen) atoms. The van der Waals surface area contributed by atoms with Gasteiger partial charge in [0.2, 0.25) is 0 Å². The number of aromatic nitrogens is 3. The molecule has 5 rings (SSSR count). The van der Waals surface area contributed by atoms with Gasteiger partial charge in [-0.1, -0.05) is 24.3 Å². The summed E-state index contributed by atoms with van der Waals surface area (Å²) in [6, 6.07) is 17.1. The Morgan fingerprint density at radius 1 is 0.500 bits per heavy atom. The van der Waals surface area contributed by atoms with Gasteiger partial charge in [0, 0.05) is 35.1 Å². The molecular formula is C27H15F6N3. The van der Waals surface area contributed by atoms with Crippen molar-refractivity contribution in [1.82, 2.24) is 15.0 Å². The maximum atomic E-state index is 13.2. The maximum Gasteiger partial charge on any atom is 0.416 e. The molecule has 3 heterocycles. The van der Waals surface area contributed by atoms with Gasteiger partial charge in [-0.2, -0.15) is 26.3 Å². The van der Waals surface area contributed by atoms with Crippen LogP contribution in [0.4, 0.5) is 26.3 Å². The van der Waals surface area contributed by atoms with Crippen LogP contribution in [0.25, 0.3) is 44.5 Å². The van der Waals surface area contributed by atoms with E-state index >= 15 is 0 Å². The summed E-state index contributed by atoms with van der Waals surface area (Å²) in [6.45, 7) is 0. The molecule has 0 amide bonds. The van der Waals surface area contributed by atoms with Crippen molar-refractivity contribution in [3.63, 3.8) is 0 Å². The van der Waals surface area contributed by atoms with Crippen LogP contribution in [0.15, 0.2) is 91.4 Å². The van der Waals surface area contributed by atoms with Gasteiger partial charge in [-0.15, -0.1) is 0 Å². The molecule has 3 aromatic heterocycles. The summed E-state index contributed by atoms with van der Waals surface area (Å²) in [6.07, 6.45) is -4.89. The third kappa shape index (κ3) is 4.77. The predicted octanol–water partition coefficient (Wildman–Crippen LogP) is 8.06. The molecule has 5 aromatic rings. The zero-order valence-electron chi connectivity index (χ0n) is 18.3. The molecule has 180 valence electrons. The lowest BCUT2D eigenvalue weighted by Crippen LogP contribution is -2.11. The first kappa shape index (κ1) is 23.5. The first-order chi connectivity index (χ1) is 17.1. The second-order valence-corrected chi connectivity index (χ2v) is 8.07. The van der Waals surface area contributed by atoms with E-state index in [9.17, 15) is 26.3 Å². The van der Waals surface area contributed by atoms with Gasteiger partial charge < -0.3 is 0 Å². The summed E-state index contributed by atoms with van der Waals surface area (Å²) in [5.41, 5.74) is 0.693. The second-order valence-electron chi connectivity index (χ2n) is 8.07. The molecule has 0 saturated carbocycles. The minimum absolute atomic E-state index is 0.113. The third-order valence-corrected chi connectivity index (χ3v) is 5.63. The van der Waals surface area contributed by atoms with Gasteiger partial charge in [-0.05, 0) is 59.7 Å². The average molecular weight is 495 g/mol. The fourth-order valence-corrected chi connectivity index (χ4v) is 3.81. The molecule has 9 heteroatoms. The highest BCUT2D eigenvalue weighted by Crippen LogP contribution is 2.39. The Kier molecular flexibility index (Phi) is 5.70. The van der Waals surface area contributed by atoms with E-state index in [2.05, 4.69) is 15.0 Å². The van der Waals surface area contributed by atoms with Crippen molar-refractivity contribution in [2.24, 2.45) is 0 Å². The maximum absolute atomic E-state index is 13.2. The van der Waals surface area contributed by atoms with E-state index in [1.165, 1.54) is 12.1 Å². The number of pyridine rings is 3. The summed E-state index contributed by atoms with van der Waals surface area (Å²) in [7, 11) is 0. The van der Waals surface area contributed by atoms with Crippen molar-refractivity contribution in [2.75, 3.05) is 0 Å². The molecular weight excluding hydrogens is 480 g/mol. The van der Waals surface area contributed by atoms with Crippen LogP contribution in [0.3, 0.4) is 0 Å². The molecule has 0 unspecified atom stereocenters. The van der Waals surface area contributed by atoms with Crippen LogP contribution in [0.2, 0.25) is 0 Å². The van der Waals surface area contributed by atoms with Gasteiger partial charge in [-0.3, -0.25) is 15.0 Å². The van der Waals surface area contributed by atoms with Crippen molar-refractivity contribution in [3.8, 4) is 33.6 Å². The number of hydrogen-bond donors (Lipinski definition) is 0. The number of halogens is 6. The second kappa shape index (κ2) is 8.75. The first-order valence-electron chi connectivity index (χ1n) is 10.7. The fraction of sp³-hybridized carbons (Fsp3) is 0.0741. The minimum Gasteiger partial charge on any atom is -0.256 e. The van der Waals surface area contributed by atoms with Gasteiger partial charge >= 0.3 is 12.4 Å². The fourth-order valence-electron chi connectivity index (χ4n) is 3.81. The van der Waals surface area contributed by atoms with Crippen molar-refractivity contribution in [2.45, 2.75) is 12.4 Å². The first-order valence-corrected chi connectivity index (χ1v) is 10.7. The van der Waals surface area contributed by atoms with Crippen molar-refractivity contribution in [3.05, 3.63) is 103 Å². The van der Waals surface area contributed by atoms with E-state index in [1.807, 2.05) is 36.4 Å². The number of benzene rings is 2. The zero-order chi connectivity index (χ0) is 25.5. The normalized spacial score (nSPS) is 12.2. The molecule has 0 aliphatic carbocycles. The highest BCUT2D eigenvalue weighted by Gasteiger charge is 2.37. The van der Waals surface area contributed by atoms with Crippen LogP contribution in [0, 0.1) is 0 Å². The average Bonchev–Trinajstić information content (AvgIpc) is 2.87. The number of nitrogens with zero attached hydrogens (tertiary/aromatic N) is 3. The van der Waals surface area contributed by atoms with Gasteiger partial charge in [0.25, 0.3) is 0 Å². The molecule has 0 atom stereocenters. The summed E-state index contributed by atoms with van der Waals surface area (Å²) in [4.78, 5) is 13.1. The largest absolute Gasteiger partial charge is 0.416 e. The van der Waals surface area contributed by atoms with E-state index in [-0.39, 0.29) is 17.2 Å². The van der Waals surface area contributed by atoms with E-state index in [0.29, 0.717) is 28.7 Å². The molecule has 0 spiro atoms. The van der Waals surface area contributed by atoms with Crippen LogP contribution in [0.1, 0.15) is 11.1 Å². The number of hydrogen-bond acceptors (Lipinski definition) is 3. The molecule has 0 fully saturated rings. The van der Waals surface area contributed by atoms with E-state index in [1.54, 1.807) is 24.7 Å². The van der Waals surface area contributed by atoms with Crippen LogP contribution in [-0.4, -0.2) is 15.0 Å². The Bertz CT molecular complexity index is 1510. The quantitative estimate of drug-likeness (QED) is 0.238. The number of alkyl halides is 6. The molecule has 0 aliphatic heterocycles. The Hall–Kier alpha value is -4.27. The zero-order valence-corrected chi connectivity index (χ0v) is 18.3. The van der Waals surface area contributed by atoms with Crippen LogP contribution >= 0.6 is 0 Å². The highest BCUT2D eigenvalue weighted by atomic mass is 19.4. The third-order valence-electron chi connectivity index (χ3n) is 5.63. The predicted molar refractivity (Wildman–Crippen MR) is 124 cm³/mol. The van der Waals surface area contributed by atoms with Crippen LogP contribution in [0.5, 0.6) is 0 Å². The van der Waals surface area contributed by atoms with E-state index < -0.39 is 23.5 Å². The lowest BCUT2D eigenvalue weighted by molar-refractivity contribution is -0.143.